The van der Waals surface area contributed by atoms with Crippen molar-refractivity contribution in [2.24, 2.45) is 0 Å². The molecule has 2 rings (SSSR count). The average Bonchev–Trinajstić information content (AvgIpc) is 2.99. The van der Waals surface area contributed by atoms with Gasteiger partial charge < -0.3 is 10.4 Å². The molecular formula is C9H11N3O2. The smallest absolute Gasteiger partial charge is 0.356 e. The van der Waals surface area contributed by atoms with E-state index in [1.54, 1.807) is 0 Å². The van der Waals surface area contributed by atoms with Crippen molar-refractivity contribution in [3.63, 3.8) is 0 Å². The number of hydrogen-bond acceptors (Lipinski definition) is 4. The quantitative estimate of drug-likeness (QED) is 0.725. The van der Waals surface area contributed by atoms with Gasteiger partial charge in [0.15, 0.2) is 5.69 Å². The third kappa shape index (κ3) is 2.26. The molecule has 5 nitrogen and oxygen atoms in total. The molecular weight excluding hydrogens is 182 g/mol. The second-order valence-electron chi connectivity index (χ2n) is 3.35. The van der Waals surface area contributed by atoms with Gasteiger partial charge in [0.25, 0.3) is 0 Å². The van der Waals surface area contributed by atoms with Crippen molar-refractivity contribution in [3.05, 3.63) is 23.8 Å². The Morgan fingerprint density at radius 3 is 2.79 bits per heavy atom. The first-order valence-electron chi connectivity index (χ1n) is 4.53. The third-order valence-electron chi connectivity index (χ3n) is 2.07. The fourth-order valence-corrected chi connectivity index (χ4v) is 1.09. The highest BCUT2D eigenvalue weighted by atomic mass is 16.4. The van der Waals surface area contributed by atoms with Crippen LogP contribution in [0.3, 0.4) is 0 Å². The Labute approximate surface area is 81.2 Å². The molecule has 1 saturated carbocycles. The second-order valence-corrected chi connectivity index (χ2v) is 3.35. The number of carbonyl (C=O) groups is 1. The number of hydrogen-bond donors (Lipinski definition) is 2. The highest BCUT2D eigenvalue weighted by Crippen LogP contribution is 2.18. The van der Waals surface area contributed by atoms with Crippen molar-refractivity contribution < 1.29 is 9.90 Å². The first kappa shape index (κ1) is 9.08. The van der Waals surface area contributed by atoms with Gasteiger partial charge in [-0.25, -0.2) is 9.78 Å². The second kappa shape index (κ2) is 3.71. The van der Waals surface area contributed by atoms with E-state index in [2.05, 4.69) is 15.3 Å². The molecule has 1 aliphatic carbocycles. The number of carboxylic acids is 1. The molecule has 5 heteroatoms. The van der Waals surface area contributed by atoms with Crippen molar-refractivity contribution in [1.29, 1.82) is 0 Å². The maximum atomic E-state index is 10.5. The molecule has 14 heavy (non-hydrogen) atoms. The van der Waals surface area contributed by atoms with E-state index < -0.39 is 5.97 Å². The van der Waals surface area contributed by atoms with Crippen LogP contribution in [0.4, 0.5) is 0 Å². The number of carboxylic acid groups (broad SMARTS) is 1. The van der Waals surface area contributed by atoms with Crippen LogP contribution in [-0.4, -0.2) is 27.1 Å². The molecule has 0 atom stereocenters. The lowest BCUT2D eigenvalue weighted by Crippen LogP contribution is -2.16. The van der Waals surface area contributed by atoms with Crippen LogP contribution in [0.2, 0.25) is 0 Å². The van der Waals surface area contributed by atoms with Crippen molar-refractivity contribution in [2.75, 3.05) is 0 Å². The van der Waals surface area contributed by atoms with Crippen LogP contribution < -0.4 is 5.32 Å². The molecule has 1 aromatic heterocycles. The number of nitrogens with one attached hydrogen (secondary N) is 1. The zero-order valence-corrected chi connectivity index (χ0v) is 7.60. The summed E-state index contributed by atoms with van der Waals surface area (Å²) in [6, 6.07) is 0.621. The molecule has 0 unspecified atom stereocenters. The lowest BCUT2D eigenvalue weighted by Gasteiger charge is -2.01. The molecule has 0 amide bonds. The average molecular weight is 193 g/mol. The minimum absolute atomic E-state index is 0.0137. The molecule has 1 fully saturated rings. The van der Waals surface area contributed by atoms with Crippen LogP contribution in [-0.2, 0) is 6.54 Å². The van der Waals surface area contributed by atoms with E-state index in [1.165, 1.54) is 25.2 Å². The van der Waals surface area contributed by atoms with Gasteiger partial charge in [-0.1, -0.05) is 0 Å². The minimum Gasteiger partial charge on any atom is -0.476 e. The van der Waals surface area contributed by atoms with Crippen molar-refractivity contribution >= 4 is 5.97 Å². The van der Waals surface area contributed by atoms with Gasteiger partial charge in [0.1, 0.15) is 0 Å². The predicted molar refractivity (Wildman–Crippen MR) is 48.9 cm³/mol. The topological polar surface area (TPSA) is 75.1 Å². The van der Waals surface area contributed by atoms with E-state index in [-0.39, 0.29) is 5.69 Å². The first-order valence-corrected chi connectivity index (χ1v) is 4.53. The molecule has 0 radical (unpaired) electrons. The van der Waals surface area contributed by atoms with Crippen LogP contribution in [0.15, 0.2) is 12.4 Å². The first-order chi connectivity index (χ1) is 6.75. The highest BCUT2D eigenvalue weighted by Gasteiger charge is 2.20. The van der Waals surface area contributed by atoms with Crippen molar-refractivity contribution in [3.8, 4) is 0 Å². The van der Waals surface area contributed by atoms with E-state index >= 15 is 0 Å². The summed E-state index contributed by atoms with van der Waals surface area (Å²) in [5, 5.41) is 11.9. The zero-order chi connectivity index (χ0) is 9.97. The zero-order valence-electron chi connectivity index (χ0n) is 7.60. The Morgan fingerprint density at radius 2 is 2.29 bits per heavy atom. The van der Waals surface area contributed by atoms with E-state index in [1.807, 2.05) is 0 Å². The molecule has 74 valence electrons. The number of aromatic nitrogens is 2. The minimum atomic E-state index is -1.04. The summed E-state index contributed by atoms with van der Waals surface area (Å²) >= 11 is 0. The van der Waals surface area contributed by atoms with Gasteiger partial charge >= 0.3 is 5.97 Å². The summed E-state index contributed by atoms with van der Waals surface area (Å²) in [5.41, 5.74) is 0.766. The Kier molecular flexibility index (Phi) is 2.41. The standard InChI is InChI=1S/C9H11N3O2/c13-9(14)8-5-11-7(4-12-8)3-10-6-1-2-6/h4-6,10H,1-3H2,(H,13,14). The summed E-state index contributed by atoms with van der Waals surface area (Å²) < 4.78 is 0. The lowest BCUT2D eigenvalue weighted by atomic mass is 10.4. The van der Waals surface area contributed by atoms with Gasteiger partial charge in [-0.15, -0.1) is 0 Å². The largest absolute Gasteiger partial charge is 0.476 e. The summed E-state index contributed by atoms with van der Waals surface area (Å²) in [6.07, 6.45) is 5.23. The Balaban J connectivity index is 1.94. The molecule has 0 aliphatic heterocycles. The summed E-state index contributed by atoms with van der Waals surface area (Å²) in [4.78, 5) is 18.2. The van der Waals surface area contributed by atoms with Crippen LogP contribution >= 0.6 is 0 Å². The fraction of sp³-hybridized carbons (Fsp3) is 0.444. The van der Waals surface area contributed by atoms with Gasteiger partial charge in [-0.2, -0.15) is 0 Å². The molecule has 1 aromatic rings. The molecule has 0 spiro atoms. The van der Waals surface area contributed by atoms with E-state index in [9.17, 15) is 4.79 Å². The molecule has 1 heterocycles. The molecule has 0 bridgehead atoms. The highest BCUT2D eigenvalue weighted by molar-refractivity contribution is 5.84. The third-order valence-corrected chi connectivity index (χ3v) is 2.07. The molecule has 0 saturated heterocycles. The predicted octanol–water partition coefficient (Wildman–Crippen LogP) is 0.427. The fourth-order valence-electron chi connectivity index (χ4n) is 1.09. The molecule has 0 aromatic carbocycles. The van der Waals surface area contributed by atoms with Gasteiger partial charge in [0.05, 0.1) is 18.1 Å². The lowest BCUT2D eigenvalue weighted by molar-refractivity contribution is 0.0690. The van der Waals surface area contributed by atoms with E-state index in [0.717, 1.165) is 5.69 Å². The van der Waals surface area contributed by atoms with Crippen LogP contribution in [0.5, 0.6) is 0 Å². The van der Waals surface area contributed by atoms with Crippen LogP contribution in [0.1, 0.15) is 29.0 Å². The van der Waals surface area contributed by atoms with Crippen LogP contribution in [0, 0.1) is 0 Å². The SMILES string of the molecule is O=C(O)c1cnc(CNC2CC2)cn1. The Morgan fingerprint density at radius 1 is 1.50 bits per heavy atom. The molecule has 1 aliphatic rings. The van der Waals surface area contributed by atoms with Crippen molar-refractivity contribution in [1.82, 2.24) is 15.3 Å². The maximum absolute atomic E-state index is 10.5. The van der Waals surface area contributed by atoms with E-state index in [0.29, 0.717) is 12.6 Å². The van der Waals surface area contributed by atoms with Crippen molar-refractivity contribution in [2.45, 2.75) is 25.4 Å². The maximum Gasteiger partial charge on any atom is 0.356 e. The number of rotatable bonds is 4. The Bertz CT molecular complexity index is 332. The monoisotopic (exact) mass is 193 g/mol. The Hall–Kier alpha value is -1.49. The van der Waals surface area contributed by atoms with Gasteiger partial charge in [-0.05, 0) is 12.8 Å². The number of nitrogens with zero attached hydrogens (tertiary/aromatic N) is 2. The van der Waals surface area contributed by atoms with Crippen LogP contribution in [0.25, 0.3) is 0 Å². The normalized spacial score (nSPS) is 15.4. The summed E-state index contributed by atoms with van der Waals surface area (Å²) in [6.45, 7) is 0.664. The van der Waals surface area contributed by atoms with Gasteiger partial charge in [0.2, 0.25) is 0 Å². The summed E-state index contributed by atoms with van der Waals surface area (Å²) in [5.74, 6) is -1.04. The molecule has 2 N–H and O–H groups in total. The summed E-state index contributed by atoms with van der Waals surface area (Å²) in [7, 11) is 0. The van der Waals surface area contributed by atoms with Gasteiger partial charge in [0, 0.05) is 12.6 Å². The van der Waals surface area contributed by atoms with E-state index in [4.69, 9.17) is 5.11 Å². The number of aromatic carboxylic acids is 1. The van der Waals surface area contributed by atoms with Gasteiger partial charge in [-0.3, -0.25) is 4.98 Å².